The average molecular weight is 236 g/mol. The summed E-state index contributed by atoms with van der Waals surface area (Å²) in [6, 6.07) is 0. The molecule has 0 fully saturated rings. The predicted octanol–water partition coefficient (Wildman–Crippen LogP) is 1.97. The van der Waals surface area contributed by atoms with Gasteiger partial charge in [-0.25, -0.2) is 4.21 Å². The van der Waals surface area contributed by atoms with Crippen molar-refractivity contribution in [3.05, 3.63) is 0 Å². The van der Waals surface area contributed by atoms with Gasteiger partial charge in [0, 0.05) is 0 Å². The van der Waals surface area contributed by atoms with Gasteiger partial charge in [-0.05, 0) is 6.42 Å². The highest BCUT2D eigenvalue weighted by Gasteiger charge is 2.16. The molecule has 0 aromatic heterocycles. The molecule has 0 rings (SSSR count). The summed E-state index contributed by atoms with van der Waals surface area (Å²) < 4.78 is 24.0. The van der Waals surface area contributed by atoms with Crippen LogP contribution in [0.3, 0.4) is 0 Å². The summed E-state index contributed by atoms with van der Waals surface area (Å²) in [6.45, 7) is 4.13. The Morgan fingerprint density at radius 2 is 2.07 bits per heavy atom. The van der Waals surface area contributed by atoms with E-state index in [1.807, 2.05) is 0 Å². The quantitative estimate of drug-likeness (QED) is 0.397. The van der Waals surface area contributed by atoms with E-state index in [1.54, 1.807) is 6.92 Å². The summed E-state index contributed by atoms with van der Waals surface area (Å²) in [5.41, 5.74) is 0. The third-order valence-electron chi connectivity index (χ3n) is 2.04. The van der Waals surface area contributed by atoms with Crippen molar-refractivity contribution in [1.82, 2.24) is 0 Å². The molecular formula is C10H20O4S. The monoisotopic (exact) mass is 236 g/mol. The minimum absolute atomic E-state index is 0.0478. The molecule has 0 aliphatic heterocycles. The maximum Gasteiger partial charge on any atom is 0.309 e. The maximum absolute atomic E-state index is 11.2. The van der Waals surface area contributed by atoms with Crippen molar-refractivity contribution in [3.63, 3.8) is 0 Å². The molecule has 0 radical (unpaired) electrons. The number of carbonyl (C=O) groups excluding carboxylic acids is 1. The Balaban J connectivity index is 3.51. The van der Waals surface area contributed by atoms with E-state index in [0.29, 0.717) is 6.61 Å². The fourth-order valence-electron chi connectivity index (χ4n) is 1.13. The maximum atomic E-state index is 11.2. The van der Waals surface area contributed by atoms with Crippen LogP contribution in [0.25, 0.3) is 0 Å². The fourth-order valence-corrected chi connectivity index (χ4v) is 1.69. The smallest absolute Gasteiger partial charge is 0.309 e. The zero-order valence-electron chi connectivity index (χ0n) is 9.40. The summed E-state index contributed by atoms with van der Waals surface area (Å²) in [5, 5.41) is 0. The Hall–Kier alpha value is -0.420. The summed E-state index contributed by atoms with van der Waals surface area (Å²) in [4.78, 5) is 11.2. The van der Waals surface area contributed by atoms with E-state index in [-0.39, 0.29) is 11.7 Å². The Morgan fingerprint density at radius 1 is 1.40 bits per heavy atom. The average Bonchev–Trinajstić information content (AvgIpc) is 2.16. The van der Waals surface area contributed by atoms with E-state index in [1.165, 1.54) is 0 Å². The van der Waals surface area contributed by atoms with Crippen LogP contribution < -0.4 is 0 Å². The van der Waals surface area contributed by atoms with Gasteiger partial charge in [-0.1, -0.05) is 33.1 Å². The van der Waals surface area contributed by atoms with E-state index in [2.05, 4.69) is 6.92 Å². The van der Waals surface area contributed by atoms with E-state index >= 15 is 0 Å². The van der Waals surface area contributed by atoms with E-state index in [4.69, 9.17) is 9.29 Å². The molecule has 0 bridgehead atoms. The van der Waals surface area contributed by atoms with Gasteiger partial charge < -0.3 is 9.29 Å². The van der Waals surface area contributed by atoms with Gasteiger partial charge in [-0.3, -0.25) is 4.79 Å². The first-order valence-corrected chi connectivity index (χ1v) is 6.59. The first-order valence-electron chi connectivity index (χ1n) is 5.32. The predicted molar refractivity (Wildman–Crippen MR) is 59.9 cm³/mol. The third kappa shape index (κ3) is 8.57. The van der Waals surface area contributed by atoms with Crippen LogP contribution in [0.5, 0.6) is 0 Å². The van der Waals surface area contributed by atoms with Crippen molar-refractivity contribution in [3.8, 4) is 0 Å². The Labute approximate surface area is 93.7 Å². The van der Waals surface area contributed by atoms with Crippen molar-refractivity contribution < 1.29 is 18.3 Å². The fraction of sp³-hybridized carbons (Fsp3) is 0.900. The summed E-state index contributed by atoms with van der Waals surface area (Å²) in [7, 11) is 0. The first kappa shape index (κ1) is 14.6. The lowest BCUT2D eigenvalue weighted by molar-refractivity contribution is -0.147. The number of hydrogen-bond acceptors (Lipinski definition) is 3. The highest BCUT2D eigenvalue weighted by Crippen LogP contribution is 2.03. The molecule has 0 aliphatic rings. The standard InChI is InChI=1S/C10H20O4S/c1-3-4-5-6-7-14-10(11)9(2)8-15(12)13/h9H,3-8H2,1-2H3,(H,12,13). The van der Waals surface area contributed by atoms with Gasteiger partial charge >= 0.3 is 5.97 Å². The van der Waals surface area contributed by atoms with E-state index < -0.39 is 17.0 Å². The molecule has 0 amide bonds. The lowest BCUT2D eigenvalue weighted by Gasteiger charge is -2.09. The van der Waals surface area contributed by atoms with Crippen molar-refractivity contribution in [2.45, 2.75) is 39.5 Å². The minimum Gasteiger partial charge on any atom is -0.465 e. The lowest BCUT2D eigenvalue weighted by atomic mass is 10.2. The number of unbranched alkanes of at least 4 members (excludes halogenated alkanes) is 3. The molecule has 1 N–H and O–H groups in total. The molecule has 0 aromatic rings. The topological polar surface area (TPSA) is 63.6 Å². The zero-order valence-corrected chi connectivity index (χ0v) is 10.2. The molecule has 0 heterocycles. The van der Waals surface area contributed by atoms with Crippen LogP contribution in [0.15, 0.2) is 0 Å². The van der Waals surface area contributed by atoms with Crippen molar-refractivity contribution in [2.24, 2.45) is 5.92 Å². The molecule has 90 valence electrons. The van der Waals surface area contributed by atoms with Crippen LogP contribution in [-0.2, 0) is 20.6 Å². The lowest BCUT2D eigenvalue weighted by Crippen LogP contribution is -2.20. The van der Waals surface area contributed by atoms with Crippen LogP contribution in [0.2, 0.25) is 0 Å². The van der Waals surface area contributed by atoms with Gasteiger partial charge in [0.2, 0.25) is 0 Å². The normalized spacial score (nSPS) is 14.6. The SMILES string of the molecule is CCCCCCOC(=O)C(C)CS(=O)O. The van der Waals surface area contributed by atoms with Crippen LogP contribution in [-0.4, -0.2) is 27.1 Å². The van der Waals surface area contributed by atoms with Gasteiger partial charge in [-0.2, -0.15) is 0 Å². The van der Waals surface area contributed by atoms with Crippen LogP contribution in [0, 0.1) is 5.92 Å². The Kier molecular flexibility index (Phi) is 8.61. The molecule has 0 aromatic carbocycles. The summed E-state index contributed by atoms with van der Waals surface area (Å²) in [5.74, 6) is -0.927. The number of rotatable bonds is 8. The zero-order chi connectivity index (χ0) is 11.7. The molecule has 0 aliphatic carbocycles. The molecule has 15 heavy (non-hydrogen) atoms. The van der Waals surface area contributed by atoms with E-state index in [0.717, 1.165) is 25.7 Å². The van der Waals surface area contributed by atoms with Gasteiger partial charge in [-0.15, -0.1) is 0 Å². The third-order valence-corrected chi connectivity index (χ3v) is 2.82. The molecule has 0 saturated carbocycles. The number of hydrogen-bond donors (Lipinski definition) is 1. The van der Waals surface area contributed by atoms with Crippen molar-refractivity contribution in [1.29, 1.82) is 0 Å². The number of ether oxygens (including phenoxy) is 1. The number of carbonyl (C=O) groups is 1. The first-order chi connectivity index (χ1) is 7.07. The van der Waals surface area contributed by atoms with Crippen LogP contribution in [0.4, 0.5) is 0 Å². The van der Waals surface area contributed by atoms with Crippen molar-refractivity contribution in [2.75, 3.05) is 12.4 Å². The minimum atomic E-state index is -1.93. The molecule has 4 nitrogen and oxygen atoms in total. The second kappa shape index (κ2) is 8.85. The van der Waals surface area contributed by atoms with Gasteiger partial charge in [0.15, 0.2) is 11.1 Å². The molecule has 5 heteroatoms. The summed E-state index contributed by atoms with van der Waals surface area (Å²) in [6.07, 6.45) is 4.22. The van der Waals surface area contributed by atoms with Gasteiger partial charge in [0.25, 0.3) is 0 Å². The van der Waals surface area contributed by atoms with Crippen molar-refractivity contribution >= 4 is 17.0 Å². The van der Waals surface area contributed by atoms with E-state index in [9.17, 15) is 9.00 Å². The van der Waals surface area contributed by atoms with Crippen LogP contribution in [0.1, 0.15) is 39.5 Å². The second-order valence-electron chi connectivity index (χ2n) is 3.62. The number of esters is 1. The molecule has 0 spiro atoms. The molecule has 0 saturated heterocycles. The highest BCUT2D eigenvalue weighted by atomic mass is 32.2. The Morgan fingerprint density at radius 3 is 2.60 bits per heavy atom. The summed E-state index contributed by atoms with van der Waals surface area (Å²) >= 11 is -1.93. The van der Waals surface area contributed by atoms with Gasteiger partial charge in [0.1, 0.15) is 0 Å². The molecular weight excluding hydrogens is 216 g/mol. The van der Waals surface area contributed by atoms with Crippen LogP contribution >= 0.6 is 0 Å². The molecule has 2 unspecified atom stereocenters. The second-order valence-corrected chi connectivity index (χ2v) is 4.59. The molecule has 2 atom stereocenters. The Bertz CT molecular complexity index is 206. The van der Waals surface area contributed by atoms with Gasteiger partial charge in [0.05, 0.1) is 18.3 Å². The highest BCUT2D eigenvalue weighted by molar-refractivity contribution is 7.79. The largest absolute Gasteiger partial charge is 0.465 e.